The van der Waals surface area contributed by atoms with Crippen LogP contribution in [0.3, 0.4) is 0 Å². The number of anilines is 1. The Bertz CT molecular complexity index is 1260. The van der Waals surface area contributed by atoms with Crippen LogP contribution < -0.4 is 10.6 Å². The van der Waals surface area contributed by atoms with Crippen molar-refractivity contribution in [2.75, 3.05) is 5.32 Å². The number of pyridine rings is 1. The molecule has 0 saturated carbocycles. The number of nitriles is 1. The summed E-state index contributed by atoms with van der Waals surface area (Å²) in [6, 6.07) is 12.1. The van der Waals surface area contributed by atoms with Gasteiger partial charge in [-0.05, 0) is 42.3 Å². The number of rotatable bonds is 3. The Hall–Kier alpha value is -4.14. The van der Waals surface area contributed by atoms with Crippen molar-refractivity contribution in [1.29, 1.82) is 5.26 Å². The molecule has 2 N–H and O–H groups in total. The molecule has 0 bridgehead atoms. The van der Waals surface area contributed by atoms with Crippen molar-refractivity contribution in [2.45, 2.75) is 6.54 Å². The third-order valence-electron chi connectivity index (χ3n) is 4.02. The molecule has 0 saturated heterocycles. The van der Waals surface area contributed by atoms with Gasteiger partial charge in [0.1, 0.15) is 5.69 Å². The second-order valence-corrected chi connectivity index (χ2v) is 6.81. The molecule has 0 aliphatic rings. The van der Waals surface area contributed by atoms with Crippen LogP contribution in [-0.4, -0.2) is 20.4 Å². The summed E-state index contributed by atoms with van der Waals surface area (Å²) in [7, 11) is 0. The molecule has 3 heterocycles. The van der Waals surface area contributed by atoms with E-state index < -0.39 is 0 Å². The predicted molar refractivity (Wildman–Crippen MR) is 110 cm³/mol. The minimum absolute atomic E-state index is 0.293. The predicted octanol–water partition coefficient (Wildman–Crippen LogP) is 3.38. The zero-order chi connectivity index (χ0) is 20.1. The Morgan fingerprint density at radius 2 is 2.00 bits per heavy atom. The topological polar surface area (TPSA) is 95.1 Å². The lowest BCUT2D eigenvalue weighted by Gasteiger charge is -2.07. The third-order valence-corrected chi connectivity index (χ3v) is 4.86. The van der Waals surface area contributed by atoms with E-state index in [9.17, 15) is 4.79 Å². The van der Waals surface area contributed by atoms with Gasteiger partial charge in [-0.25, -0.2) is 9.78 Å². The minimum Gasteiger partial charge on any atom is -0.332 e. The van der Waals surface area contributed by atoms with Crippen molar-refractivity contribution in [3.63, 3.8) is 0 Å². The average Bonchev–Trinajstić information content (AvgIpc) is 3.35. The zero-order valence-corrected chi connectivity index (χ0v) is 15.9. The van der Waals surface area contributed by atoms with Gasteiger partial charge < -0.3 is 10.6 Å². The Kier molecular flexibility index (Phi) is 5.19. The van der Waals surface area contributed by atoms with E-state index in [0.717, 1.165) is 21.9 Å². The van der Waals surface area contributed by atoms with Crippen molar-refractivity contribution in [2.24, 2.45) is 0 Å². The molecule has 0 radical (unpaired) electrons. The van der Waals surface area contributed by atoms with E-state index in [1.807, 2.05) is 28.0 Å². The quantitative estimate of drug-likeness (QED) is 0.517. The summed E-state index contributed by atoms with van der Waals surface area (Å²) in [6.45, 7) is 0.293. The largest absolute Gasteiger partial charge is 0.332 e. The lowest BCUT2D eigenvalue weighted by Crippen LogP contribution is -2.28. The Balaban J connectivity index is 1.46. The number of hydrogen-bond donors (Lipinski definition) is 2. The second-order valence-electron chi connectivity index (χ2n) is 5.98. The maximum absolute atomic E-state index is 12.2. The molecule has 4 rings (SSSR count). The van der Waals surface area contributed by atoms with Crippen LogP contribution >= 0.6 is 11.3 Å². The SMILES string of the molecule is N#Cc1ccc(NC(=O)NCc2cnc3scc(C#Cc4cccnc4)n23)cc1. The van der Waals surface area contributed by atoms with Gasteiger partial charge in [0.2, 0.25) is 0 Å². The molecule has 0 aliphatic heterocycles. The highest BCUT2D eigenvalue weighted by molar-refractivity contribution is 7.15. The number of benzene rings is 1. The molecule has 8 heteroatoms. The number of nitrogens with zero attached hydrogens (tertiary/aromatic N) is 4. The van der Waals surface area contributed by atoms with Crippen LogP contribution in [0.1, 0.15) is 22.5 Å². The molecule has 0 spiro atoms. The summed E-state index contributed by atoms with van der Waals surface area (Å²) in [6.07, 6.45) is 5.14. The van der Waals surface area contributed by atoms with E-state index in [1.54, 1.807) is 42.9 Å². The van der Waals surface area contributed by atoms with Crippen LogP contribution in [0.25, 0.3) is 4.96 Å². The molecule has 140 valence electrons. The Morgan fingerprint density at radius 1 is 1.14 bits per heavy atom. The maximum atomic E-state index is 12.2. The summed E-state index contributed by atoms with van der Waals surface area (Å²) in [5.41, 5.74) is 3.60. The van der Waals surface area contributed by atoms with Crippen LogP contribution in [-0.2, 0) is 6.54 Å². The number of urea groups is 1. The molecule has 7 nitrogen and oxygen atoms in total. The number of carbonyl (C=O) groups excluding carboxylic acids is 1. The molecule has 4 aromatic rings. The number of amides is 2. The van der Waals surface area contributed by atoms with Gasteiger partial charge in [0.05, 0.1) is 30.1 Å². The summed E-state index contributed by atoms with van der Waals surface area (Å²) < 4.78 is 1.93. The van der Waals surface area contributed by atoms with Gasteiger partial charge in [-0.1, -0.05) is 5.92 Å². The highest BCUT2D eigenvalue weighted by atomic mass is 32.1. The number of carbonyl (C=O) groups is 1. The van der Waals surface area contributed by atoms with E-state index in [1.165, 1.54) is 11.3 Å². The molecule has 1 aromatic carbocycles. The standard InChI is InChI=1S/C21H14N6OS/c22-10-15-3-6-17(7-4-15)26-20(28)24-12-19-13-25-21-27(19)18(14-29-21)8-5-16-2-1-9-23-11-16/h1-4,6-7,9,11,13-14H,12H2,(H2,24,26,28). The number of hydrogen-bond acceptors (Lipinski definition) is 5. The number of thiazole rings is 1. The molecular formula is C21H14N6OS. The number of aromatic nitrogens is 3. The molecule has 0 fully saturated rings. The fourth-order valence-electron chi connectivity index (χ4n) is 2.63. The third kappa shape index (κ3) is 4.24. The Morgan fingerprint density at radius 3 is 2.76 bits per heavy atom. The van der Waals surface area contributed by atoms with E-state index in [4.69, 9.17) is 5.26 Å². The fourth-order valence-corrected chi connectivity index (χ4v) is 3.44. The van der Waals surface area contributed by atoms with E-state index in [0.29, 0.717) is 17.8 Å². The van der Waals surface area contributed by atoms with Crippen LogP contribution in [0.2, 0.25) is 0 Å². The highest BCUT2D eigenvalue weighted by Gasteiger charge is 2.10. The number of nitrogens with one attached hydrogen (secondary N) is 2. The smallest absolute Gasteiger partial charge is 0.319 e. The first-order chi connectivity index (χ1) is 14.2. The molecule has 0 aliphatic carbocycles. The summed E-state index contributed by atoms with van der Waals surface area (Å²) in [5.74, 6) is 6.22. The van der Waals surface area contributed by atoms with Crippen molar-refractivity contribution >= 4 is 28.0 Å². The van der Waals surface area contributed by atoms with Gasteiger partial charge in [0.15, 0.2) is 4.96 Å². The van der Waals surface area contributed by atoms with Gasteiger partial charge in [-0.2, -0.15) is 5.26 Å². The van der Waals surface area contributed by atoms with E-state index in [-0.39, 0.29) is 6.03 Å². The van der Waals surface area contributed by atoms with Crippen LogP contribution in [0.4, 0.5) is 10.5 Å². The maximum Gasteiger partial charge on any atom is 0.319 e. The van der Waals surface area contributed by atoms with Gasteiger partial charge in [0, 0.05) is 29.0 Å². The van der Waals surface area contributed by atoms with Crippen molar-refractivity contribution < 1.29 is 4.79 Å². The van der Waals surface area contributed by atoms with Crippen LogP contribution in [0, 0.1) is 23.2 Å². The monoisotopic (exact) mass is 398 g/mol. The first-order valence-electron chi connectivity index (χ1n) is 8.64. The molecular weight excluding hydrogens is 384 g/mol. The second kappa shape index (κ2) is 8.26. The highest BCUT2D eigenvalue weighted by Crippen LogP contribution is 2.17. The molecule has 0 unspecified atom stereocenters. The number of imidazole rings is 1. The van der Waals surface area contributed by atoms with Gasteiger partial charge in [0.25, 0.3) is 0 Å². The van der Waals surface area contributed by atoms with Crippen molar-refractivity contribution in [1.82, 2.24) is 19.7 Å². The lowest BCUT2D eigenvalue weighted by atomic mass is 10.2. The van der Waals surface area contributed by atoms with Gasteiger partial charge in [-0.15, -0.1) is 11.3 Å². The molecule has 3 aromatic heterocycles. The van der Waals surface area contributed by atoms with E-state index >= 15 is 0 Å². The average molecular weight is 398 g/mol. The van der Waals surface area contributed by atoms with Gasteiger partial charge >= 0.3 is 6.03 Å². The number of fused-ring (bicyclic) bond motifs is 1. The lowest BCUT2D eigenvalue weighted by molar-refractivity contribution is 0.251. The summed E-state index contributed by atoms with van der Waals surface area (Å²) in [4.78, 5) is 21.4. The van der Waals surface area contributed by atoms with E-state index in [2.05, 4.69) is 32.4 Å². The fraction of sp³-hybridized carbons (Fsp3) is 0.0476. The Labute approximate surface area is 170 Å². The van der Waals surface area contributed by atoms with Crippen LogP contribution in [0.5, 0.6) is 0 Å². The zero-order valence-electron chi connectivity index (χ0n) is 15.1. The summed E-state index contributed by atoms with van der Waals surface area (Å²) >= 11 is 1.49. The first kappa shape index (κ1) is 18.2. The molecule has 29 heavy (non-hydrogen) atoms. The summed E-state index contributed by atoms with van der Waals surface area (Å²) in [5, 5.41) is 16.3. The minimum atomic E-state index is -0.345. The van der Waals surface area contributed by atoms with Crippen LogP contribution in [0.15, 0.2) is 60.4 Å². The molecule has 0 atom stereocenters. The van der Waals surface area contributed by atoms with Gasteiger partial charge in [-0.3, -0.25) is 9.38 Å². The van der Waals surface area contributed by atoms with Crippen molar-refractivity contribution in [3.05, 3.63) is 82.9 Å². The first-order valence-corrected chi connectivity index (χ1v) is 9.52. The molecule has 2 amide bonds. The van der Waals surface area contributed by atoms with Crippen molar-refractivity contribution in [3.8, 4) is 17.9 Å². The normalized spacial score (nSPS) is 10.0.